The van der Waals surface area contributed by atoms with Crippen LogP contribution in [-0.4, -0.2) is 11.6 Å². The van der Waals surface area contributed by atoms with Crippen molar-refractivity contribution >= 4 is 149 Å². The molecular formula is C92H55BrN2O4S4. The molecule has 12 aromatic carbocycles. The third-order valence-corrected chi connectivity index (χ3v) is 25.7. The van der Waals surface area contributed by atoms with E-state index in [9.17, 15) is 9.59 Å². The fourth-order valence-corrected chi connectivity index (χ4v) is 21.7. The Labute approximate surface area is 617 Å². The van der Waals surface area contributed by atoms with Gasteiger partial charge in [-0.15, -0.1) is 45.3 Å². The standard InChI is InChI=1S/C52H31NOS2.C28H15NO3S2.C12H9Br/c1-2-15-32(16-3-1)53(45-27-14-22-38-37-21-8-13-28-46(37)54-48(38)45)47-31-44-50(56-47)51(39-23-9-4-17-33(39)34-18-5-10-24-40(34)51)43-29-30-55-49(43)52(44)41-25-11-6-19-35(41)36-20-7-12-26-42(36)52;30-24-19-13-14-33-27(19)25(31)20-15-23(34-28(20)24)29(16-7-2-1-3-8-16)21-11-6-10-18-17-9-4-5-12-22(17)32-26(18)21;13-12-9-5-4-8-11(12)10-6-2-1-3-7-10/h1-31H;1-15H;1-9H. The molecule has 0 aliphatic heterocycles. The van der Waals surface area contributed by atoms with Crippen LogP contribution in [0.1, 0.15) is 73.6 Å². The average molecular weight is 1460 g/mol. The molecule has 4 aliphatic rings. The molecule has 2 spiro atoms. The molecule has 0 saturated carbocycles. The van der Waals surface area contributed by atoms with Crippen molar-refractivity contribution in [2.24, 2.45) is 0 Å². The van der Waals surface area contributed by atoms with E-state index in [0.29, 0.717) is 20.9 Å². The second kappa shape index (κ2) is 24.3. The third kappa shape index (κ3) is 9.19. The van der Waals surface area contributed by atoms with Crippen molar-refractivity contribution in [2.45, 2.75) is 10.8 Å². The van der Waals surface area contributed by atoms with Crippen molar-refractivity contribution in [3.05, 3.63) is 401 Å². The van der Waals surface area contributed by atoms with Crippen LogP contribution < -0.4 is 9.80 Å². The molecule has 11 heteroatoms. The lowest BCUT2D eigenvalue weighted by Crippen LogP contribution is -2.41. The highest BCUT2D eigenvalue weighted by atomic mass is 79.9. The highest BCUT2D eigenvalue weighted by Gasteiger charge is 2.61. The van der Waals surface area contributed by atoms with E-state index in [1.54, 1.807) is 11.4 Å². The van der Waals surface area contributed by atoms with Gasteiger partial charge in [-0.1, -0.05) is 259 Å². The van der Waals surface area contributed by atoms with Crippen LogP contribution in [0, 0.1) is 0 Å². The summed E-state index contributed by atoms with van der Waals surface area (Å²) in [6, 6.07) is 114. The highest BCUT2D eigenvalue weighted by Crippen LogP contribution is 2.71. The Kier molecular flexibility index (Phi) is 14.5. The van der Waals surface area contributed by atoms with Crippen LogP contribution in [0.25, 0.3) is 77.3 Å². The normalized spacial score (nSPS) is 13.5. The maximum Gasteiger partial charge on any atom is 0.205 e. The average Bonchev–Trinajstić information content (AvgIpc) is 1.49. The number of fused-ring (bicyclic) bond motifs is 24. The molecule has 6 aromatic heterocycles. The Balaban J connectivity index is 0.000000127. The van der Waals surface area contributed by atoms with Crippen LogP contribution in [0.4, 0.5) is 32.8 Å². The van der Waals surface area contributed by atoms with Crippen molar-refractivity contribution in [2.75, 3.05) is 9.80 Å². The number of para-hydroxylation sites is 6. The van der Waals surface area contributed by atoms with E-state index in [2.05, 4.69) is 262 Å². The van der Waals surface area contributed by atoms with E-state index in [4.69, 9.17) is 8.83 Å². The molecular weight excluding hydrogens is 1410 g/mol. The first-order valence-electron chi connectivity index (χ1n) is 34.1. The molecule has 0 bridgehead atoms. The SMILES string of the molecule is Brc1ccccc1-c1ccccc1.O=C1c2cc(N(c3ccccc3)c3cccc4c3oc3ccccc34)sc2C(=O)c2ccsc21.c1ccc(N(c2cc3c(s2)C2(c4ccccc4-c4ccccc42)c2ccsc2C32c3ccccc3-c3ccccc32)c2cccc3c2oc2ccccc23)cc1. The molecule has 6 heterocycles. The number of furan rings is 2. The second-order valence-corrected chi connectivity index (χ2v) is 30.8. The number of hydrogen-bond donors (Lipinski definition) is 0. The molecule has 103 heavy (non-hydrogen) atoms. The van der Waals surface area contributed by atoms with E-state index < -0.39 is 10.8 Å². The largest absolute Gasteiger partial charge is 0.454 e. The molecule has 6 nitrogen and oxygen atoms in total. The van der Waals surface area contributed by atoms with Gasteiger partial charge in [0.1, 0.15) is 21.2 Å². The van der Waals surface area contributed by atoms with Gasteiger partial charge in [0.05, 0.1) is 32.0 Å². The quantitative estimate of drug-likeness (QED) is 0.158. The van der Waals surface area contributed by atoms with Crippen molar-refractivity contribution < 1.29 is 18.4 Å². The number of hydrogen-bond acceptors (Lipinski definition) is 10. The minimum absolute atomic E-state index is 0.0861. The lowest BCUT2D eigenvalue weighted by atomic mass is 9.58. The summed E-state index contributed by atoms with van der Waals surface area (Å²) in [5.41, 5.74) is 23.2. The Morgan fingerprint density at radius 2 is 0.738 bits per heavy atom. The van der Waals surface area contributed by atoms with E-state index in [1.165, 1.54) is 99.2 Å². The summed E-state index contributed by atoms with van der Waals surface area (Å²) in [6.07, 6.45) is 0. The van der Waals surface area contributed by atoms with Crippen LogP contribution >= 0.6 is 61.3 Å². The fourth-order valence-electron chi connectivity index (χ4n) is 16.5. The van der Waals surface area contributed by atoms with Crippen LogP contribution in [-0.2, 0) is 10.8 Å². The number of benzene rings is 12. The maximum absolute atomic E-state index is 13.2. The first-order chi connectivity index (χ1) is 50.9. The van der Waals surface area contributed by atoms with Crippen molar-refractivity contribution in [3.8, 4) is 33.4 Å². The van der Waals surface area contributed by atoms with Crippen LogP contribution in [0.5, 0.6) is 0 Å². The lowest BCUT2D eigenvalue weighted by molar-refractivity contribution is 0.0986. The van der Waals surface area contributed by atoms with Crippen LogP contribution in [0.2, 0.25) is 0 Å². The first-order valence-corrected chi connectivity index (χ1v) is 38.3. The van der Waals surface area contributed by atoms with Gasteiger partial charge < -0.3 is 8.83 Å². The first kappa shape index (κ1) is 61.3. The van der Waals surface area contributed by atoms with Gasteiger partial charge in [-0.3, -0.25) is 19.4 Å². The predicted octanol–water partition coefficient (Wildman–Crippen LogP) is 26.3. The molecule has 0 saturated heterocycles. The topological polar surface area (TPSA) is 66.9 Å². The molecule has 4 aliphatic carbocycles. The van der Waals surface area contributed by atoms with Gasteiger partial charge in [0.15, 0.2) is 11.2 Å². The zero-order valence-electron chi connectivity index (χ0n) is 54.8. The summed E-state index contributed by atoms with van der Waals surface area (Å²) in [6.45, 7) is 0. The number of halogens is 1. The number of ketones is 2. The van der Waals surface area contributed by atoms with Gasteiger partial charge in [0.2, 0.25) is 11.6 Å². The molecule has 0 amide bonds. The van der Waals surface area contributed by atoms with E-state index in [-0.39, 0.29) is 11.6 Å². The van der Waals surface area contributed by atoms with Crippen molar-refractivity contribution in [1.29, 1.82) is 0 Å². The molecule has 488 valence electrons. The summed E-state index contributed by atoms with van der Waals surface area (Å²) < 4.78 is 14.2. The molecule has 0 N–H and O–H groups in total. The minimum atomic E-state index is -0.494. The fraction of sp³-hybridized carbons (Fsp3) is 0.0217. The maximum atomic E-state index is 13.2. The van der Waals surface area contributed by atoms with E-state index in [1.807, 2.05) is 108 Å². The van der Waals surface area contributed by atoms with Gasteiger partial charge in [-0.25, -0.2) is 0 Å². The van der Waals surface area contributed by atoms with Crippen LogP contribution in [0.3, 0.4) is 0 Å². The highest BCUT2D eigenvalue weighted by molar-refractivity contribution is 9.10. The third-order valence-electron chi connectivity index (χ3n) is 20.7. The number of nitrogens with zero attached hydrogens (tertiary/aromatic N) is 2. The van der Waals surface area contributed by atoms with Gasteiger partial charge in [-0.2, -0.15) is 0 Å². The molecule has 0 unspecified atom stereocenters. The van der Waals surface area contributed by atoms with Gasteiger partial charge in [0, 0.05) is 58.3 Å². The minimum Gasteiger partial charge on any atom is -0.454 e. The monoisotopic (exact) mass is 1460 g/mol. The molecule has 22 rings (SSSR count). The predicted molar refractivity (Wildman–Crippen MR) is 429 cm³/mol. The van der Waals surface area contributed by atoms with Crippen LogP contribution in [0.15, 0.2) is 346 Å². The smallest absolute Gasteiger partial charge is 0.205 e. The Morgan fingerprint density at radius 3 is 1.27 bits per heavy atom. The Hall–Kier alpha value is -11.5. The number of thiophene rings is 4. The summed E-state index contributed by atoms with van der Waals surface area (Å²) >= 11 is 10.1. The van der Waals surface area contributed by atoms with Gasteiger partial charge >= 0.3 is 0 Å². The zero-order chi connectivity index (χ0) is 68.5. The van der Waals surface area contributed by atoms with E-state index in [0.717, 1.165) is 81.1 Å². The Bertz CT molecular complexity index is 6160. The van der Waals surface area contributed by atoms with Gasteiger partial charge in [0.25, 0.3) is 0 Å². The zero-order valence-corrected chi connectivity index (χ0v) is 59.6. The summed E-state index contributed by atoms with van der Waals surface area (Å²) in [5.74, 6) is -0.172. The molecule has 18 aromatic rings. The number of anilines is 6. The molecule has 0 fully saturated rings. The molecule has 0 atom stereocenters. The second-order valence-electron chi connectivity index (χ2n) is 26.0. The molecule has 0 radical (unpaired) electrons. The van der Waals surface area contributed by atoms with E-state index >= 15 is 0 Å². The van der Waals surface area contributed by atoms with Crippen molar-refractivity contribution in [1.82, 2.24) is 0 Å². The summed E-state index contributed by atoms with van der Waals surface area (Å²) in [5, 5.41) is 10.4. The Morgan fingerprint density at radius 1 is 0.311 bits per heavy atom. The van der Waals surface area contributed by atoms with Crippen molar-refractivity contribution in [3.63, 3.8) is 0 Å². The summed E-state index contributed by atoms with van der Waals surface area (Å²) in [7, 11) is 0. The number of rotatable bonds is 7. The van der Waals surface area contributed by atoms with Gasteiger partial charge in [-0.05, 0) is 156 Å². The lowest BCUT2D eigenvalue weighted by Gasteiger charge is -2.45. The number of carbonyl (C=O) groups is 2. The number of carbonyl (C=O) groups excluding carboxylic acids is 2. The summed E-state index contributed by atoms with van der Waals surface area (Å²) in [4.78, 5) is 34.7.